The lowest BCUT2D eigenvalue weighted by Gasteiger charge is -2.27. The molecule has 2 aromatic heterocycles. The molecule has 0 aromatic carbocycles. The Balaban J connectivity index is 2.25. The summed E-state index contributed by atoms with van der Waals surface area (Å²) >= 11 is 0. The molecule has 0 spiro atoms. The predicted octanol–water partition coefficient (Wildman–Crippen LogP) is 3.59. The van der Waals surface area contributed by atoms with Crippen LogP contribution in [0.5, 0.6) is 0 Å². The molecular weight excluding hydrogens is 226 g/mol. The monoisotopic (exact) mass is 245 g/mol. The summed E-state index contributed by atoms with van der Waals surface area (Å²) in [6, 6.07) is 4.03. The molecule has 18 heavy (non-hydrogen) atoms. The van der Waals surface area contributed by atoms with E-state index in [0.717, 1.165) is 5.69 Å². The fourth-order valence-electron chi connectivity index (χ4n) is 1.70. The standard InChI is InChI=1S/C14H19N3O/c1-9(14(3,4)5)11-6-7-12(15-8-11)13-16-10(2)18-17-13/h6-9H,1-5H3/t9-/m0/s1. The minimum absolute atomic E-state index is 0.228. The molecule has 0 aliphatic rings. The second-order valence-corrected chi connectivity index (χ2v) is 5.70. The number of aromatic nitrogens is 3. The minimum Gasteiger partial charge on any atom is -0.339 e. The van der Waals surface area contributed by atoms with Crippen molar-refractivity contribution in [2.75, 3.05) is 0 Å². The van der Waals surface area contributed by atoms with Crippen LogP contribution in [0.2, 0.25) is 0 Å². The second-order valence-electron chi connectivity index (χ2n) is 5.70. The predicted molar refractivity (Wildman–Crippen MR) is 70.1 cm³/mol. The third-order valence-corrected chi connectivity index (χ3v) is 3.34. The zero-order valence-electron chi connectivity index (χ0n) is 11.6. The maximum Gasteiger partial charge on any atom is 0.223 e. The molecule has 0 N–H and O–H groups in total. The van der Waals surface area contributed by atoms with Crippen molar-refractivity contribution < 1.29 is 4.52 Å². The van der Waals surface area contributed by atoms with Crippen LogP contribution in [0.15, 0.2) is 22.9 Å². The van der Waals surface area contributed by atoms with Crippen molar-refractivity contribution in [2.24, 2.45) is 5.41 Å². The van der Waals surface area contributed by atoms with E-state index in [1.807, 2.05) is 12.3 Å². The van der Waals surface area contributed by atoms with E-state index in [2.05, 4.69) is 48.9 Å². The van der Waals surface area contributed by atoms with Gasteiger partial charge in [0, 0.05) is 13.1 Å². The maximum atomic E-state index is 4.95. The number of nitrogens with zero attached hydrogens (tertiary/aromatic N) is 3. The van der Waals surface area contributed by atoms with Gasteiger partial charge >= 0.3 is 0 Å². The Bertz CT molecular complexity index is 523. The van der Waals surface area contributed by atoms with Gasteiger partial charge in [0.1, 0.15) is 5.69 Å². The van der Waals surface area contributed by atoms with Gasteiger partial charge in [-0.3, -0.25) is 4.98 Å². The SMILES string of the molecule is Cc1nc(-c2ccc([C@H](C)C(C)(C)C)cn2)no1. The summed E-state index contributed by atoms with van der Waals surface area (Å²) in [5.41, 5.74) is 2.20. The van der Waals surface area contributed by atoms with Crippen molar-refractivity contribution in [2.45, 2.75) is 40.5 Å². The highest BCUT2D eigenvalue weighted by atomic mass is 16.5. The van der Waals surface area contributed by atoms with Crippen molar-refractivity contribution in [1.29, 1.82) is 0 Å². The Kier molecular flexibility index (Phi) is 3.20. The molecule has 1 atom stereocenters. The van der Waals surface area contributed by atoms with Gasteiger partial charge in [0.05, 0.1) is 0 Å². The molecule has 0 radical (unpaired) electrons. The highest BCUT2D eigenvalue weighted by Crippen LogP contribution is 2.34. The zero-order valence-corrected chi connectivity index (χ0v) is 11.6. The third-order valence-electron chi connectivity index (χ3n) is 3.34. The highest BCUT2D eigenvalue weighted by Gasteiger charge is 2.22. The van der Waals surface area contributed by atoms with Crippen LogP contribution in [0, 0.1) is 12.3 Å². The fourth-order valence-corrected chi connectivity index (χ4v) is 1.70. The molecule has 0 bridgehead atoms. The fraction of sp³-hybridized carbons (Fsp3) is 0.500. The molecule has 0 saturated carbocycles. The van der Waals surface area contributed by atoms with Crippen LogP contribution >= 0.6 is 0 Å². The largest absolute Gasteiger partial charge is 0.339 e. The number of hydrogen-bond donors (Lipinski definition) is 0. The second kappa shape index (κ2) is 4.52. The Labute approximate surface area is 107 Å². The van der Waals surface area contributed by atoms with E-state index in [-0.39, 0.29) is 5.41 Å². The molecule has 0 saturated heterocycles. The van der Waals surface area contributed by atoms with E-state index in [4.69, 9.17) is 4.52 Å². The first-order chi connectivity index (χ1) is 8.38. The van der Waals surface area contributed by atoms with Gasteiger partial charge in [-0.05, 0) is 23.0 Å². The Morgan fingerprint density at radius 3 is 2.39 bits per heavy atom. The molecule has 0 aliphatic carbocycles. The average Bonchev–Trinajstić information content (AvgIpc) is 2.74. The van der Waals surface area contributed by atoms with Crippen molar-refractivity contribution >= 4 is 0 Å². The quantitative estimate of drug-likeness (QED) is 0.811. The van der Waals surface area contributed by atoms with Crippen LogP contribution in [0.25, 0.3) is 11.5 Å². The minimum atomic E-state index is 0.228. The molecule has 2 aromatic rings. The van der Waals surface area contributed by atoms with Gasteiger partial charge in [-0.15, -0.1) is 0 Å². The number of hydrogen-bond acceptors (Lipinski definition) is 4. The van der Waals surface area contributed by atoms with Crippen molar-refractivity contribution in [3.63, 3.8) is 0 Å². The van der Waals surface area contributed by atoms with Gasteiger partial charge in [0.2, 0.25) is 11.7 Å². The molecule has 2 heterocycles. The number of rotatable bonds is 2. The average molecular weight is 245 g/mol. The van der Waals surface area contributed by atoms with Crippen molar-refractivity contribution in [1.82, 2.24) is 15.1 Å². The zero-order chi connectivity index (χ0) is 13.3. The topological polar surface area (TPSA) is 51.8 Å². The van der Waals surface area contributed by atoms with E-state index in [1.165, 1.54) is 5.56 Å². The van der Waals surface area contributed by atoms with Gasteiger partial charge in [-0.1, -0.05) is 38.9 Å². The summed E-state index contributed by atoms with van der Waals surface area (Å²) in [6.45, 7) is 10.7. The Morgan fingerprint density at radius 2 is 1.94 bits per heavy atom. The molecule has 0 unspecified atom stereocenters. The van der Waals surface area contributed by atoms with Gasteiger partial charge in [-0.25, -0.2) is 0 Å². The summed E-state index contributed by atoms with van der Waals surface area (Å²) < 4.78 is 4.95. The maximum absolute atomic E-state index is 4.95. The lowest BCUT2D eigenvalue weighted by atomic mass is 9.78. The lowest BCUT2D eigenvalue weighted by Crippen LogP contribution is -2.15. The van der Waals surface area contributed by atoms with E-state index in [1.54, 1.807) is 6.92 Å². The van der Waals surface area contributed by atoms with Gasteiger partial charge < -0.3 is 4.52 Å². The first-order valence-electron chi connectivity index (χ1n) is 6.14. The molecule has 2 rings (SSSR count). The molecule has 4 heteroatoms. The number of pyridine rings is 1. The van der Waals surface area contributed by atoms with E-state index < -0.39 is 0 Å². The van der Waals surface area contributed by atoms with Crippen LogP contribution in [0.1, 0.15) is 45.1 Å². The van der Waals surface area contributed by atoms with Crippen LogP contribution in [-0.4, -0.2) is 15.1 Å². The van der Waals surface area contributed by atoms with E-state index >= 15 is 0 Å². The third kappa shape index (κ3) is 2.58. The van der Waals surface area contributed by atoms with Crippen LogP contribution in [0.4, 0.5) is 0 Å². The molecule has 4 nitrogen and oxygen atoms in total. The Morgan fingerprint density at radius 1 is 1.22 bits per heavy atom. The molecule has 0 aliphatic heterocycles. The first-order valence-corrected chi connectivity index (χ1v) is 6.14. The van der Waals surface area contributed by atoms with Crippen LogP contribution in [0.3, 0.4) is 0 Å². The highest BCUT2D eigenvalue weighted by molar-refractivity contribution is 5.48. The van der Waals surface area contributed by atoms with Gasteiger partial charge in [0.15, 0.2) is 0 Å². The lowest BCUT2D eigenvalue weighted by molar-refractivity contribution is 0.339. The smallest absolute Gasteiger partial charge is 0.223 e. The normalized spacial score (nSPS) is 13.6. The molecular formula is C14H19N3O. The van der Waals surface area contributed by atoms with Gasteiger partial charge in [-0.2, -0.15) is 4.98 Å². The molecule has 0 amide bonds. The van der Waals surface area contributed by atoms with Crippen LogP contribution < -0.4 is 0 Å². The summed E-state index contributed by atoms with van der Waals surface area (Å²) in [5, 5.41) is 3.86. The summed E-state index contributed by atoms with van der Waals surface area (Å²) in [5.74, 6) is 1.55. The molecule has 96 valence electrons. The first kappa shape index (κ1) is 12.7. The van der Waals surface area contributed by atoms with E-state index in [0.29, 0.717) is 17.6 Å². The molecule has 0 fully saturated rings. The number of aryl methyl sites for hydroxylation is 1. The summed E-state index contributed by atoms with van der Waals surface area (Å²) in [4.78, 5) is 8.58. The Hall–Kier alpha value is -1.71. The van der Waals surface area contributed by atoms with Crippen molar-refractivity contribution in [3.05, 3.63) is 29.8 Å². The van der Waals surface area contributed by atoms with Crippen molar-refractivity contribution in [3.8, 4) is 11.5 Å². The van der Waals surface area contributed by atoms with Crippen LogP contribution in [-0.2, 0) is 0 Å². The summed E-state index contributed by atoms with van der Waals surface area (Å²) in [6.07, 6.45) is 1.90. The summed E-state index contributed by atoms with van der Waals surface area (Å²) in [7, 11) is 0. The van der Waals surface area contributed by atoms with Gasteiger partial charge in [0.25, 0.3) is 0 Å². The van der Waals surface area contributed by atoms with E-state index in [9.17, 15) is 0 Å².